The lowest BCUT2D eigenvalue weighted by atomic mass is 10.2. The van der Waals surface area contributed by atoms with Crippen molar-refractivity contribution in [1.82, 2.24) is 15.5 Å². The van der Waals surface area contributed by atoms with Gasteiger partial charge in [0.05, 0.1) is 22.2 Å². The summed E-state index contributed by atoms with van der Waals surface area (Å²) in [4.78, 5) is 16.3. The topological polar surface area (TPSA) is 68.0 Å². The smallest absolute Gasteiger partial charge is 0.253 e. The molecule has 3 rings (SSSR count). The second-order valence-corrected chi connectivity index (χ2v) is 5.47. The van der Waals surface area contributed by atoms with Crippen LogP contribution in [0.2, 0.25) is 10.0 Å². The normalized spacial score (nSPS) is 10.5. The van der Waals surface area contributed by atoms with Gasteiger partial charge in [0.15, 0.2) is 0 Å². The van der Waals surface area contributed by atoms with Gasteiger partial charge in [-0.25, -0.2) is 0 Å². The molecule has 7 heteroatoms. The van der Waals surface area contributed by atoms with E-state index in [1.807, 2.05) is 12.1 Å². The number of hydrogen-bond donors (Lipinski definition) is 1. The minimum absolute atomic E-state index is 0.0987. The Kier molecular flexibility index (Phi) is 4.60. The molecule has 116 valence electrons. The van der Waals surface area contributed by atoms with E-state index < -0.39 is 0 Å². The molecule has 1 N–H and O–H groups in total. The maximum absolute atomic E-state index is 12.1. The molecule has 0 spiro atoms. The number of hydrogen-bond acceptors (Lipinski definition) is 4. The third-order valence-electron chi connectivity index (χ3n) is 3.10. The van der Waals surface area contributed by atoms with E-state index >= 15 is 0 Å². The van der Waals surface area contributed by atoms with Gasteiger partial charge >= 0.3 is 0 Å². The molecule has 0 atom stereocenters. The molecular formula is C16H11Cl2N3O2. The van der Waals surface area contributed by atoms with E-state index in [1.54, 1.807) is 36.4 Å². The molecule has 5 nitrogen and oxygen atoms in total. The Bertz CT molecular complexity index is 849. The summed E-state index contributed by atoms with van der Waals surface area (Å²) >= 11 is 12.1. The molecule has 0 bridgehead atoms. The summed E-state index contributed by atoms with van der Waals surface area (Å²) in [5.41, 5.74) is 1.06. The number of halogens is 2. The molecule has 0 radical (unpaired) electrons. The van der Waals surface area contributed by atoms with Gasteiger partial charge in [0.25, 0.3) is 5.91 Å². The highest BCUT2D eigenvalue weighted by Crippen LogP contribution is 2.24. The van der Waals surface area contributed by atoms with Gasteiger partial charge in [0.2, 0.25) is 11.7 Å². The molecule has 2 aromatic carbocycles. The number of benzene rings is 2. The standard InChI is InChI=1S/C16H11Cl2N3O2/c17-12-7-3-1-5-10(12)15-20-14(23-21-15)9-19-16(22)11-6-2-4-8-13(11)18/h1-8H,9H2,(H,19,22). The highest BCUT2D eigenvalue weighted by atomic mass is 35.5. The van der Waals surface area contributed by atoms with Crippen molar-refractivity contribution in [1.29, 1.82) is 0 Å². The lowest BCUT2D eigenvalue weighted by molar-refractivity contribution is 0.0946. The van der Waals surface area contributed by atoms with Gasteiger partial charge in [0.1, 0.15) is 0 Å². The van der Waals surface area contributed by atoms with Crippen LogP contribution in [-0.4, -0.2) is 16.0 Å². The molecule has 0 saturated carbocycles. The summed E-state index contributed by atoms with van der Waals surface area (Å²) in [6.07, 6.45) is 0. The highest BCUT2D eigenvalue weighted by Gasteiger charge is 2.14. The zero-order valence-corrected chi connectivity index (χ0v) is 13.3. The Morgan fingerprint density at radius 2 is 1.74 bits per heavy atom. The number of carbonyl (C=O) groups is 1. The van der Waals surface area contributed by atoms with E-state index in [0.717, 1.165) is 0 Å². The Balaban J connectivity index is 1.70. The van der Waals surface area contributed by atoms with Crippen molar-refractivity contribution in [3.05, 3.63) is 70.0 Å². The number of rotatable bonds is 4. The SMILES string of the molecule is O=C(NCc1nc(-c2ccccc2Cl)no1)c1ccccc1Cl. The predicted octanol–water partition coefficient (Wildman–Crippen LogP) is 3.97. The van der Waals surface area contributed by atoms with Crippen LogP contribution in [0.15, 0.2) is 53.1 Å². The fraction of sp³-hybridized carbons (Fsp3) is 0.0625. The van der Waals surface area contributed by atoms with E-state index in [9.17, 15) is 4.79 Å². The molecule has 0 unspecified atom stereocenters. The summed E-state index contributed by atoms with van der Waals surface area (Å²) in [6, 6.07) is 14.0. The minimum Gasteiger partial charge on any atom is -0.343 e. The number of amides is 1. The van der Waals surface area contributed by atoms with E-state index in [2.05, 4.69) is 15.5 Å². The van der Waals surface area contributed by atoms with Crippen LogP contribution in [0, 0.1) is 0 Å². The van der Waals surface area contributed by atoms with Crippen molar-refractivity contribution in [3.8, 4) is 11.4 Å². The molecule has 0 aliphatic carbocycles. The Morgan fingerprint density at radius 3 is 2.48 bits per heavy atom. The average molecular weight is 348 g/mol. The first kappa shape index (κ1) is 15.5. The van der Waals surface area contributed by atoms with Gasteiger partial charge in [0, 0.05) is 5.56 Å². The molecule has 1 amide bonds. The summed E-state index contributed by atoms with van der Waals surface area (Å²) < 4.78 is 5.12. The van der Waals surface area contributed by atoms with Crippen LogP contribution >= 0.6 is 23.2 Å². The monoisotopic (exact) mass is 347 g/mol. The van der Waals surface area contributed by atoms with Gasteiger partial charge in [-0.2, -0.15) is 4.98 Å². The van der Waals surface area contributed by atoms with Crippen molar-refractivity contribution < 1.29 is 9.32 Å². The summed E-state index contributed by atoms with van der Waals surface area (Å²) in [5, 5.41) is 7.46. The highest BCUT2D eigenvalue weighted by molar-refractivity contribution is 6.34. The molecule has 1 aromatic heterocycles. The first-order valence-electron chi connectivity index (χ1n) is 6.75. The number of nitrogens with zero attached hydrogens (tertiary/aromatic N) is 2. The molecule has 1 heterocycles. The first-order chi connectivity index (χ1) is 11.1. The third-order valence-corrected chi connectivity index (χ3v) is 3.76. The van der Waals surface area contributed by atoms with Crippen molar-refractivity contribution >= 4 is 29.1 Å². The van der Waals surface area contributed by atoms with Crippen LogP contribution in [0.3, 0.4) is 0 Å². The number of carbonyl (C=O) groups excluding carboxylic acids is 1. The second-order valence-electron chi connectivity index (χ2n) is 4.65. The predicted molar refractivity (Wildman–Crippen MR) is 87.4 cm³/mol. The molecule has 23 heavy (non-hydrogen) atoms. The van der Waals surface area contributed by atoms with Crippen molar-refractivity contribution in [3.63, 3.8) is 0 Å². The number of aromatic nitrogens is 2. The largest absolute Gasteiger partial charge is 0.343 e. The Morgan fingerprint density at radius 1 is 1.04 bits per heavy atom. The molecular weight excluding hydrogens is 337 g/mol. The second kappa shape index (κ2) is 6.81. The van der Waals surface area contributed by atoms with E-state index in [1.165, 1.54) is 0 Å². The summed E-state index contributed by atoms with van der Waals surface area (Å²) in [6.45, 7) is 0.0987. The Labute approximate surface area is 142 Å². The third kappa shape index (κ3) is 3.52. The van der Waals surface area contributed by atoms with Gasteiger partial charge in [-0.05, 0) is 24.3 Å². The molecule has 3 aromatic rings. The Hall–Kier alpha value is -2.37. The van der Waals surface area contributed by atoms with Gasteiger partial charge in [-0.15, -0.1) is 0 Å². The lowest BCUT2D eigenvalue weighted by Gasteiger charge is -2.03. The molecule has 0 aliphatic rings. The maximum atomic E-state index is 12.1. The van der Waals surface area contributed by atoms with Gasteiger partial charge < -0.3 is 9.84 Å². The van der Waals surface area contributed by atoms with Crippen LogP contribution in [0.1, 0.15) is 16.2 Å². The fourth-order valence-electron chi connectivity index (χ4n) is 1.98. The van der Waals surface area contributed by atoms with E-state index in [-0.39, 0.29) is 18.3 Å². The van der Waals surface area contributed by atoms with Gasteiger partial charge in [-0.1, -0.05) is 52.6 Å². The van der Waals surface area contributed by atoms with Crippen LogP contribution in [-0.2, 0) is 6.54 Å². The fourth-order valence-corrected chi connectivity index (χ4v) is 2.42. The van der Waals surface area contributed by atoms with Crippen molar-refractivity contribution in [2.24, 2.45) is 0 Å². The average Bonchev–Trinajstić information content (AvgIpc) is 3.02. The first-order valence-corrected chi connectivity index (χ1v) is 7.51. The summed E-state index contributed by atoms with van der Waals surface area (Å²) in [5.74, 6) is 0.339. The zero-order valence-electron chi connectivity index (χ0n) is 11.8. The summed E-state index contributed by atoms with van der Waals surface area (Å²) in [7, 11) is 0. The van der Waals surface area contributed by atoms with Crippen LogP contribution < -0.4 is 5.32 Å². The molecule has 0 aliphatic heterocycles. The van der Waals surface area contributed by atoms with Crippen molar-refractivity contribution in [2.75, 3.05) is 0 Å². The number of nitrogens with one attached hydrogen (secondary N) is 1. The maximum Gasteiger partial charge on any atom is 0.253 e. The zero-order chi connectivity index (χ0) is 16.2. The van der Waals surface area contributed by atoms with E-state index in [0.29, 0.717) is 27.0 Å². The van der Waals surface area contributed by atoms with Crippen LogP contribution in [0.5, 0.6) is 0 Å². The minimum atomic E-state index is -0.312. The van der Waals surface area contributed by atoms with Crippen molar-refractivity contribution in [2.45, 2.75) is 6.54 Å². The molecule has 0 saturated heterocycles. The quantitative estimate of drug-likeness (QED) is 0.775. The van der Waals surface area contributed by atoms with Gasteiger partial charge in [-0.3, -0.25) is 4.79 Å². The van der Waals surface area contributed by atoms with E-state index in [4.69, 9.17) is 27.7 Å². The van der Waals surface area contributed by atoms with Crippen LogP contribution in [0.25, 0.3) is 11.4 Å². The molecule has 0 fully saturated rings. The van der Waals surface area contributed by atoms with Crippen LogP contribution in [0.4, 0.5) is 0 Å². The lowest BCUT2D eigenvalue weighted by Crippen LogP contribution is -2.23.